The molecule has 1 aromatic heterocycles. The van der Waals surface area contributed by atoms with Crippen LogP contribution in [-0.4, -0.2) is 43.1 Å². The summed E-state index contributed by atoms with van der Waals surface area (Å²) in [4.78, 5) is 15.9. The molecule has 148 valence electrons. The lowest BCUT2D eigenvalue weighted by Gasteiger charge is -2.12. The molecule has 2 N–H and O–H groups in total. The summed E-state index contributed by atoms with van der Waals surface area (Å²) in [6, 6.07) is 5.87. The number of benzene rings is 1. The number of nitrogens with one attached hydrogen (secondary N) is 2. The normalized spacial score (nSPS) is 12.5. The third-order valence-electron chi connectivity index (χ3n) is 3.95. The minimum absolute atomic E-state index is 0.123. The van der Waals surface area contributed by atoms with Gasteiger partial charge < -0.3 is 14.6 Å². The van der Waals surface area contributed by atoms with Crippen molar-refractivity contribution in [2.45, 2.75) is 44.2 Å². The number of carbonyl (C=O) groups excluding carboxylic acids is 1. The number of aromatic nitrogens is 2. The van der Waals surface area contributed by atoms with Crippen LogP contribution in [-0.2, 0) is 21.4 Å². The van der Waals surface area contributed by atoms with Gasteiger partial charge >= 0.3 is 0 Å². The Labute approximate surface area is 160 Å². The van der Waals surface area contributed by atoms with Crippen molar-refractivity contribution >= 4 is 15.9 Å². The minimum Gasteiger partial charge on any atom is -0.484 e. The first kappa shape index (κ1) is 20.9. The standard InChI is InChI=1S/C18H26N4O4S/c1-3-15(2)21-27(24,25)17-7-5-16(6-8-17)26-13-18(23)20-9-4-11-22-12-10-19-14-22/h5-8,10,12,14-15,21H,3-4,9,11,13H2,1-2H3,(H,20,23)/t15-/m1/s1. The highest BCUT2D eigenvalue weighted by Crippen LogP contribution is 2.16. The highest BCUT2D eigenvalue weighted by molar-refractivity contribution is 7.89. The first-order valence-corrected chi connectivity index (χ1v) is 10.4. The van der Waals surface area contributed by atoms with Crippen molar-refractivity contribution in [2.75, 3.05) is 13.2 Å². The van der Waals surface area contributed by atoms with E-state index in [1.807, 2.05) is 24.6 Å². The van der Waals surface area contributed by atoms with E-state index in [2.05, 4.69) is 15.0 Å². The van der Waals surface area contributed by atoms with E-state index in [1.54, 1.807) is 12.5 Å². The van der Waals surface area contributed by atoms with Crippen molar-refractivity contribution < 1.29 is 17.9 Å². The predicted molar refractivity (Wildman–Crippen MR) is 102 cm³/mol. The molecular weight excluding hydrogens is 368 g/mol. The number of ether oxygens (including phenoxy) is 1. The van der Waals surface area contributed by atoms with Crippen LogP contribution < -0.4 is 14.8 Å². The molecule has 0 spiro atoms. The molecule has 2 aromatic rings. The fourth-order valence-electron chi connectivity index (χ4n) is 2.24. The van der Waals surface area contributed by atoms with Crippen molar-refractivity contribution in [2.24, 2.45) is 0 Å². The summed E-state index contributed by atoms with van der Waals surface area (Å²) < 4.78 is 34.3. The van der Waals surface area contributed by atoms with Crippen LogP contribution in [0.3, 0.4) is 0 Å². The van der Waals surface area contributed by atoms with Crippen molar-refractivity contribution in [1.29, 1.82) is 0 Å². The molecule has 0 aliphatic heterocycles. The lowest BCUT2D eigenvalue weighted by molar-refractivity contribution is -0.123. The number of hydrogen-bond acceptors (Lipinski definition) is 5. The minimum atomic E-state index is -3.54. The first-order valence-electron chi connectivity index (χ1n) is 8.88. The van der Waals surface area contributed by atoms with Crippen molar-refractivity contribution in [3.8, 4) is 5.75 Å². The molecule has 9 heteroatoms. The quantitative estimate of drug-likeness (QED) is 0.563. The Balaban J connectivity index is 1.73. The molecule has 0 saturated heterocycles. The smallest absolute Gasteiger partial charge is 0.257 e. The summed E-state index contributed by atoms with van der Waals surface area (Å²) in [6.07, 6.45) is 6.81. The number of sulfonamides is 1. The number of nitrogens with zero attached hydrogens (tertiary/aromatic N) is 2. The Bertz CT molecular complexity index is 804. The van der Waals surface area contributed by atoms with Gasteiger partial charge in [-0.1, -0.05) is 6.92 Å². The van der Waals surface area contributed by atoms with Crippen LogP contribution in [0.15, 0.2) is 47.9 Å². The van der Waals surface area contributed by atoms with Crippen LogP contribution in [0.2, 0.25) is 0 Å². The highest BCUT2D eigenvalue weighted by Gasteiger charge is 2.16. The van der Waals surface area contributed by atoms with Crippen molar-refractivity contribution in [1.82, 2.24) is 19.6 Å². The van der Waals surface area contributed by atoms with Crippen LogP contribution in [0.5, 0.6) is 5.75 Å². The van der Waals surface area contributed by atoms with Crippen LogP contribution in [0, 0.1) is 0 Å². The maximum atomic E-state index is 12.2. The van der Waals surface area contributed by atoms with Gasteiger partial charge in [0.05, 0.1) is 11.2 Å². The Hall–Kier alpha value is -2.39. The molecule has 1 atom stereocenters. The summed E-state index contributed by atoms with van der Waals surface area (Å²) in [5.74, 6) is 0.210. The van der Waals surface area contributed by atoms with Crippen LogP contribution in [0.1, 0.15) is 26.7 Å². The van der Waals surface area contributed by atoms with Gasteiger partial charge in [-0.05, 0) is 44.0 Å². The Morgan fingerprint density at radius 2 is 2.04 bits per heavy atom. The van der Waals surface area contributed by atoms with E-state index in [0.29, 0.717) is 18.7 Å². The van der Waals surface area contributed by atoms with Crippen molar-refractivity contribution in [3.05, 3.63) is 43.0 Å². The molecule has 0 aliphatic carbocycles. The van der Waals surface area contributed by atoms with Gasteiger partial charge in [-0.3, -0.25) is 4.79 Å². The van der Waals surface area contributed by atoms with E-state index in [1.165, 1.54) is 24.3 Å². The van der Waals surface area contributed by atoms with Gasteiger partial charge in [0.1, 0.15) is 5.75 Å². The molecule has 0 radical (unpaired) electrons. The second-order valence-electron chi connectivity index (χ2n) is 6.19. The molecule has 0 unspecified atom stereocenters. The summed E-state index contributed by atoms with van der Waals surface area (Å²) >= 11 is 0. The van der Waals surface area contributed by atoms with E-state index in [4.69, 9.17) is 4.74 Å². The number of aryl methyl sites for hydroxylation is 1. The van der Waals surface area contributed by atoms with E-state index >= 15 is 0 Å². The maximum Gasteiger partial charge on any atom is 0.257 e. The zero-order chi connectivity index (χ0) is 19.7. The van der Waals surface area contributed by atoms with Crippen molar-refractivity contribution in [3.63, 3.8) is 0 Å². The summed E-state index contributed by atoms with van der Waals surface area (Å²) in [7, 11) is -3.54. The molecule has 27 heavy (non-hydrogen) atoms. The number of rotatable bonds is 11. The van der Waals surface area contributed by atoms with Gasteiger partial charge in [-0.15, -0.1) is 0 Å². The van der Waals surface area contributed by atoms with Gasteiger partial charge in [0.25, 0.3) is 5.91 Å². The van der Waals surface area contributed by atoms with Gasteiger partial charge in [0, 0.05) is 31.5 Å². The number of amides is 1. The number of hydrogen-bond donors (Lipinski definition) is 2. The van der Waals surface area contributed by atoms with Gasteiger partial charge in [-0.25, -0.2) is 18.1 Å². The maximum absolute atomic E-state index is 12.2. The predicted octanol–water partition coefficient (Wildman–Crippen LogP) is 1.55. The molecule has 1 amide bonds. The molecule has 0 fully saturated rings. The fraction of sp³-hybridized carbons (Fsp3) is 0.444. The molecule has 1 aromatic carbocycles. The molecular formula is C18H26N4O4S. The average Bonchev–Trinajstić information content (AvgIpc) is 3.17. The summed E-state index contributed by atoms with van der Waals surface area (Å²) in [5.41, 5.74) is 0. The highest BCUT2D eigenvalue weighted by atomic mass is 32.2. The van der Waals surface area contributed by atoms with E-state index in [0.717, 1.165) is 13.0 Å². The van der Waals surface area contributed by atoms with Crippen LogP contribution >= 0.6 is 0 Å². The first-order chi connectivity index (χ1) is 12.9. The third-order valence-corrected chi connectivity index (χ3v) is 5.55. The Morgan fingerprint density at radius 3 is 2.67 bits per heavy atom. The molecule has 0 bridgehead atoms. The molecule has 8 nitrogen and oxygen atoms in total. The largest absolute Gasteiger partial charge is 0.484 e. The Kier molecular flexibility index (Phi) is 7.81. The topological polar surface area (TPSA) is 102 Å². The van der Waals surface area contributed by atoms with Gasteiger partial charge in [0.2, 0.25) is 10.0 Å². The average molecular weight is 394 g/mol. The molecule has 0 saturated carbocycles. The lowest BCUT2D eigenvalue weighted by atomic mass is 10.3. The van der Waals surface area contributed by atoms with Gasteiger partial charge in [-0.2, -0.15) is 0 Å². The second kappa shape index (κ2) is 10.1. The van der Waals surface area contributed by atoms with E-state index < -0.39 is 10.0 Å². The zero-order valence-corrected chi connectivity index (χ0v) is 16.4. The van der Waals surface area contributed by atoms with Crippen LogP contribution in [0.4, 0.5) is 0 Å². The second-order valence-corrected chi connectivity index (χ2v) is 7.91. The van der Waals surface area contributed by atoms with E-state index in [9.17, 15) is 13.2 Å². The summed E-state index contributed by atoms with van der Waals surface area (Å²) in [5, 5.41) is 2.78. The zero-order valence-electron chi connectivity index (χ0n) is 15.6. The lowest BCUT2D eigenvalue weighted by Crippen LogP contribution is -2.32. The summed E-state index contributed by atoms with van der Waals surface area (Å²) in [6.45, 7) is 4.92. The fourth-order valence-corrected chi connectivity index (χ4v) is 3.57. The number of imidazole rings is 1. The van der Waals surface area contributed by atoms with Gasteiger partial charge in [0.15, 0.2) is 6.61 Å². The third kappa shape index (κ3) is 7.03. The SMILES string of the molecule is CC[C@@H](C)NS(=O)(=O)c1ccc(OCC(=O)NCCCn2ccnc2)cc1. The monoisotopic (exact) mass is 394 g/mol. The Morgan fingerprint density at radius 1 is 1.30 bits per heavy atom. The molecule has 2 rings (SSSR count). The van der Waals surface area contributed by atoms with Crippen LogP contribution in [0.25, 0.3) is 0 Å². The molecule has 0 aliphatic rings. The van der Waals surface area contributed by atoms with E-state index in [-0.39, 0.29) is 23.5 Å². The number of carbonyl (C=O) groups is 1. The molecule has 1 heterocycles.